The first-order chi connectivity index (χ1) is 11.7. The van der Waals surface area contributed by atoms with Crippen LogP contribution in [-0.2, 0) is 4.79 Å². The van der Waals surface area contributed by atoms with E-state index in [1.807, 2.05) is 0 Å². The van der Waals surface area contributed by atoms with Gasteiger partial charge in [0, 0.05) is 35.7 Å². The molecule has 24 heavy (non-hydrogen) atoms. The lowest BCUT2D eigenvalue weighted by atomic mass is 9.65. The second-order valence-corrected chi connectivity index (χ2v) is 8.88. The summed E-state index contributed by atoms with van der Waals surface area (Å²) in [6.45, 7) is 2.25. The smallest absolute Gasteiger partial charge is 0.139 e. The van der Waals surface area contributed by atoms with Crippen LogP contribution >= 0.6 is 11.8 Å². The Bertz CT molecular complexity index is 489. The van der Waals surface area contributed by atoms with E-state index in [2.05, 4.69) is 17.2 Å². The monoisotopic (exact) mass is 348 g/mol. The number of ketones is 1. The Kier molecular flexibility index (Phi) is 6.27. The molecular weight excluding hydrogens is 316 g/mol. The standard InChI is InChI=1S/C20H32N2OS/c1-2-3-4-5-8-16-13-19(23)18-9-6-7-11-20(18)12-10-17(22(16)20)14-24-15-21/h16-18H,2-14H2,1H3/t16-,17+,18-,20+/m0/s1. The Morgan fingerprint density at radius 2 is 2.08 bits per heavy atom. The summed E-state index contributed by atoms with van der Waals surface area (Å²) in [5.74, 6) is 1.76. The van der Waals surface area contributed by atoms with Crippen molar-refractivity contribution in [3.8, 4) is 5.40 Å². The van der Waals surface area contributed by atoms with Crippen LogP contribution < -0.4 is 0 Å². The van der Waals surface area contributed by atoms with Crippen molar-refractivity contribution in [3.05, 3.63) is 0 Å². The maximum absolute atomic E-state index is 12.9. The number of nitrogens with zero attached hydrogens (tertiary/aromatic N) is 2. The number of piperidine rings is 1. The lowest BCUT2D eigenvalue weighted by molar-refractivity contribution is -0.142. The minimum atomic E-state index is 0.156. The normalized spacial score (nSPS) is 36.2. The van der Waals surface area contributed by atoms with Crippen LogP contribution in [0.3, 0.4) is 0 Å². The number of hydrogen-bond acceptors (Lipinski definition) is 4. The van der Waals surface area contributed by atoms with E-state index >= 15 is 0 Å². The van der Waals surface area contributed by atoms with Crippen molar-refractivity contribution in [1.82, 2.24) is 4.90 Å². The van der Waals surface area contributed by atoms with Crippen LogP contribution in [0.4, 0.5) is 0 Å². The Morgan fingerprint density at radius 1 is 1.21 bits per heavy atom. The molecule has 1 spiro atoms. The second kappa shape index (κ2) is 8.23. The third kappa shape index (κ3) is 3.40. The van der Waals surface area contributed by atoms with Gasteiger partial charge in [-0.05, 0) is 43.9 Å². The summed E-state index contributed by atoms with van der Waals surface area (Å²) in [5, 5.41) is 11.3. The van der Waals surface area contributed by atoms with E-state index in [1.165, 1.54) is 76.0 Å². The summed E-state index contributed by atoms with van der Waals surface area (Å²) >= 11 is 1.41. The van der Waals surface area contributed by atoms with Crippen LogP contribution in [-0.4, -0.2) is 34.1 Å². The Balaban J connectivity index is 1.78. The minimum Gasteiger partial charge on any atom is -0.299 e. The van der Waals surface area contributed by atoms with Gasteiger partial charge >= 0.3 is 0 Å². The highest BCUT2D eigenvalue weighted by molar-refractivity contribution is 8.03. The number of thiocyanates is 1. The molecule has 134 valence electrons. The molecule has 3 rings (SSSR count). The molecule has 3 fully saturated rings. The summed E-state index contributed by atoms with van der Waals surface area (Å²) in [6.07, 6.45) is 14.3. The first kappa shape index (κ1) is 18.3. The molecule has 4 atom stereocenters. The lowest BCUT2D eigenvalue weighted by Crippen LogP contribution is -2.64. The van der Waals surface area contributed by atoms with E-state index in [4.69, 9.17) is 5.26 Å². The van der Waals surface area contributed by atoms with Gasteiger partial charge in [0.15, 0.2) is 0 Å². The fourth-order valence-electron chi connectivity index (χ4n) is 5.82. The molecule has 0 aromatic carbocycles. The summed E-state index contributed by atoms with van der Waals surface area (Å²) in [5.41, 5.74) is 0.156. The van der Waals surface area contributed by atoms with E-state index in [1.54, 1.807) is 0 Å². The molecule has 2 heterocycles. The van der Waals surface area contributed by atoms with Gasteiger partial charge in [-0.25, -0.2) is 0 Å². The number of thioether (sulfide) groups is 1. The third-order valence-electron chi connectivity index (χ3n) is 6.77. The molecule has 0 amide bonds. The van der Waals surface area contributed by atoms with Crippen molar-refractivity contribution in [2.75, 3.05) is 5.75 Å². The number of rotatable bonds is 7. The van der Waals surface area contributed by atoms with Crippen molar-refractivity contribution in [2.24, 2.45) is 5.92 Å². The van der Waals surface area contributed by atoms with E-state index in [9.17, 15) is 4.79 Å². The molecule has 0 bridgehead atoms. The summed E-state index contributed by atoms with van der Waals surface area (Å²) in [6, 6.07) is 0.954. The fourth-order valence-corrected chi connectivity index (χ4v) is 6.41. The van der Waals surface area contributed by atoms with Crippen molar-refractivity contribution in [2.45, 2.75) is 102 Å². The van der Waals surface area contributed by atoms with Gasteiger partial charge in [0.25, 0.3) is 0 Å². The van der Waals surface area contributed by atoms with Gasteiger partial charge in [0.05, 0.1) is 0 Å². The van der Waals surface area contributed by atoms with Gasteiger partial charge in [-0.3, -0.25) is 9.69 Å². The Hall–Kier alpha value is -0.530. The van der Waals surface area contributed by atoms with Crippen molar-refractivity contribution in [1.29, 1.82) is 5.26 Å². The molecule has 0 radical (unpaired) electrons. The van der Waals surface area contributed by atoms with Crippen LogP contribution in [0.2, 0.25) is 0 Å². The quantitative estimate of drug-likeness (QED) is 0.484. The number of nitriles is 1. The van der Waals surface area contributed by atoms with Crippen LogP contribution in [0.25, 0.3) is 0 Å². The van der Waals surface area contributed by atoms with E-state index in [-0.39, 0.29) is 11.5 Å². The van der Waals surface area contributed by atoms with Gasteiger partial charge in [0.1, 0.15) is 11.2 Å². The Labute approximate surface area is 151 Å². The molecule has 1 aliphatic carbocycles. The zero-order chi connectivity index (χ0) is 17.0. The lowest BCUT2D eigenvalue weighted by Gasteiger charge is -2.55. The molecule has 0 unspecified atom stereocenters. The van der Waals surface area contributed by atoms with Crippen molar-refractivity contribution >= 4 is 17.5 Å². The van der Waals surface area contributed by atoms with E-state index < -0.39 is 0 Å². The van der Waals surface area contributed by atoms with Crippen LogP contribution in [0.1, 0.15) is 84.0 Å². The number of Topliss-reactive ketones (excluding diaryl/α,β-unsaturated/α-hetero) is 1. The third-order valence-corrected chi connectivity index (χ3v) is 7.45. The topological polar surface area (TPSA) is 44.1 Å². The largest absolute Gasteiger partial charge is 0.299 e. The van der Waals surface area contributed by atoms with Gasteiger partial charge in [0.2, 0.25) is 0 Å². The summed E-state index contributed by atoms with van der Waals surface area (Å²) in [4.78, 5) is 15.7. The van der Waals surface area contributed by atoms with Gasteiger partial charge in [-0.1, -0.05) is 45.4 Å². The molecule has 1 saturated carbocycles. The molecule has 2 aliphatic heterocycles. The molecule has 0 aromatic rings. The van der Waals surface area contributed by atoms with Crippen molar-refractivity contribution in [3.63, 3.8) is 0 Å². The summed E-state index contributed by atoms with van der Waals surface area (Å²) in [7, 11) is 0. The van der Waals surface area contributed by atoms with Gasteiger partial charge in [-0.2, -0.15) is 5.26 Å². The minimum absolute atomic E-state index is 0.156. The maximum atomic E-state index is 12.9. The zero-order valence-corrected chi connectivity index (χ0v) is 16.0. The van der Waals surface area contributed by atoms with Crippen LogP contribution in [0, 0.1) is 16.6 Å². The second-order valence-electron chi connectivity index (χ2n) is 8.08. The first-order valence-electron chi connectivity index (χ1n) is 10.0. The predicted octanol–water partition coefficient (Wildman–Crippen LogP) is 4.91. The molecule has 0 N–H and O–H groups in total. The first-order valence-corrected chi connectivity index (χ1v) is 11.0. The molecule has 0 aromatic heterocycles. The van der Waals surface area contributed by atoms with Crippen molar-refractivity contribution < 1.29 is 4.79 Å². The number of carbonyl (C=O) groups excluding carboxylic acids is 1. The summed E-state index contributed by atoms with van der Waals surface area (Å²) < 4.78 is 0. The SMILES string of the molecule is CCCCCC[C@H]1CC(=O)[C@@H]2CCCC[C@@]23CC[C@H](CSC#N)N13. The highest BCUT2D eigenvalue weighted by Crippen LogP contribution is 2.53. The van der Waals surface area contributed by atoms with Crippen LogP contribution in [0.15, 0.2) is 0 Å². The number of unbranched alkanes of at least 4 members (excludes halogenated alkanes) is 3. The predicted molar refractivity (Wildman–Crippen MR) is 99.8 cm³/mol. The maximum Gasteiger partial charge on any atom is 0.139 e. The molecule has 4 heteroatoms. The average molecular weight is 349 g/mol. The van der Waals surface area contributed by atoms with Gasteiger partial charge in [-0.15, -0.1) is 0 Å². The Morgan fingerprint density at radius 3 is 2.88 bits per heavy atom. The van der Waals surface area contributed by atoms with E-state index in [0.717, 1.165) is 18.6 Å². The highest BCUT2D eigenvalue weighted by atomic mass is 32.2. The number of hydrogen-bond donors (Lipinski definition) is 0. The van der Waals surface area contributed by atoms with Gasteiger partial charge < -0.3 is 0 Å². The molecule has 3 nitrogen and oxygen atoms in total. The number of carbonyl (C=O) groups is 1. The average Bonchev–Trinajstić information content (AvgIpc) is 2.95. The van der Waals surface area contributed by atoms with E-state index in [0.29, 0.717) is 17.9 Å². The van der Waals surface area contributed by atoms with Crippen LogP contribution in [0.5, 0.6) is 0 Å². The molecule has 2 saturated heterocycles. The fraction of sp³-hybridized carbons (Fsp3) is 0.900. The highest BCUT2D eigenvalue weighted by Gasteiger charge is 2.58. The zero-order valence-electron chi connectivity index (χ0n) is 15.1. The molecular formula is C20H32N2OS. The molecule has 3 aliphatic rings.